The average Bonchev–Trinajstić information content (AvgIpc) is 3.80. The lowest BCUT2D eigenvalue weighted by Crippen LogP contribution is -1.93. The number of hydrogen-bond acceptors (Lipinski definition) is 4. The molecule has 196 valence electrons. The van der Waals surface area contributed by atoms with Crippen molar-refractivity contribution in [3.63, 3.8) is 0 Å². The van der Waals surface area contributed by atoms with Crippen molar-refractivity contribution in [2.75, 3.05) is 0 Å². The van der Waals surface area contributed by atoms with Gasteiger partial charge in [-0.3, -0.25) is 4.57 Å². The van der Waals surface area contributed by atoms with Crippen LogP contribution < -0.4 is 0 Å². The first kappa shape index (κ1) is 22.3. The highest BCUT2D eigenvalue weighted by Gasteiger charge is 2.24. The first-order valence-corrected chi connectivity index (χ1v) is 14.8. The SMILES string of the molecule is c1ccc(-c2cc3oc4ccccc4c3c3nc(-n4c5ccccc5c5ccc6c7ccccc7sc6c54)oc23)cc1. The molecule has 0 bridgehead atoms. The second kappa shape index (κ2) is 8.09. The number of furan rings is 1. The molecule has 10 rings (SSSR count). The van der Waals surface area contributed by atoms with Gasteiger partial charge in [0.05, 0.1) is 21.1 Å². The topological polar surface area (TPSA) is 44.1 Å². The zero-order valence-corrected chi connectivity index (χ0v) is 23.0. The third kappa shape index (κ3) is 2.88. The maximum Gasteiger partial charge on any atom is 0.307 e. The van der Waals surface area contributed by atoms with Gasteiger partial charge in [0.1, 0.15) is 16.7 Å². The molecule has 0 fully saturated rings. The van der Waals surface area contributed by atoms with Gasteiger partial charge in [0.25, 0.3) is 0 Å². The second-order valence-corrected chi connectivity index (χ2v) is 11.8. The van der Waals surface area contributed by atoms with Gasteiger partial charge in [0.15, 0.2) is 5.58 Å². The van der Waals surface area contributed by atoms with Gasteiger partial charge in [-0.05, 0) is 29.8 Å². The molecule has 6 aromatic carbocycles. The van der Waals surface area contributed by atoms with E-state index in [9.17, 15) is 0 Å². The first-order valence-electron chi connectivity index (χ1n) is 14.0. The van der Waals surface area contributed by atoms with Gasteiger partial charge in [-0.2, -0.15) is 4.98 Å². The van der Waals surface area contributed by atoms with Crippen molar-refractivity contribution in [2.45, 2.75) is 0 Å². The van der Waals surface area contributed by atoms with E-state index in [-0.39, 0.29) is 0 Å². The van der Waals surface area contributed by atoms with E-state index in [1.165, 1.54) is 30.9 Å². The van der Waals surface area contributed by atoms with Crippen LogP contribution >= 0.6 is 11.3 Å². The Morgan fingerprint density at radius 1 is 0.595 bits per heavy atom. The lowest BCUT2D eigenvalue weighted by molar-refractivity contribution is 0.575. The van der Waals surface area contributed by atoms with E-state index in [0.29, 0.717) is 6.01 Å². The number of oxazole rings is 1. The molecule has 0 aliphatic rings. The molecule has 0 saturated carbocycles. The van der Waals surface area contributed by atoms with E-state index in [1.54, 1.807) is 0 Å². The molecule has 0 unspecified atom stereocenters. The highest BCUT2D eigenvalue weighted by Crippen LogP contribution is 2.45. The summed E-state index contributed by atoms with van der Waals surface area (Å²) in [6.07, 6.45) is 0. The third-order valence-electron chi connectivity index (χ3n) is 8.45. The molecule has 5 heteroatoms. The Balaban J connectivity index is 1.40. The summed E-state index contributed by atoms with van der Waals surface area (Å²) < 4.78 is 18.0. The Labute approximate surface area is 242 Å². The number of nitrogens with zero attached hydrogens (tertiary/aromatic N) is 2. The summed E-state index contributed by atoms with van der Waals surface area (Å²) in [5, 5.41) is 6.89. The van der Waals surface area contributed by atoms with Crippen LogP contribution in [0.15, 0.2) is 130 Å². The van der Waals surface area contributed by atoms with Gasteiger partial charge in [-0.1, -0.05) is 97.1 Å². The molecular formula is C37H20N2O2S. The number of hydrogen-bond donors (Lipinski definition) is 0. The molecule has 42 heavy (non-hydrogen) atoms. The summed E-state index contributed by atoms with van der Waals surface area (Å²) in [7, 11) is 0. The molecule has 0 aliphatic carbocycles. The summed E-state index contributed by atoms with van der Waals surface area (Å²) >= 11 is 1.82. The highest BCUT2D eigenvalue weighted by atomic mass is 32.1. The van der Waals surface area contributed by atoms with E-state index in [4.69, 9.17) is 13.8 Å². The van der Waals surface area contributed by atoms with Crippen molar-refractivity contribution < 1.29 is 8.83 Å². The van der Waals surface area contributed by atoms with Crippen LogP contribution in [-0.4, -0.2) is 9.55 Å². The summed E-state index contributed by atoms with van der Waals surface area (Å²) in [5.74, 6) is 0. The number of rotatable bonds is 2. The fourth-order valence-corrected chi connectivity index (χ4v) is 7.87. The lowest BCUT2D eigenvalue weighted by Gasteiger charge is -2.04. The predicted molar refractivity (Wildman–Crippen MR) is 174 cm³/mol. The van der Waals surface area contributed by atoms with Crippen molar-refractivity contribution in [1.82, 2.24) is 9.55 Å². The zero-order valence-electron chi connectivity index (χ0n) is 22.2. The van der Waals surface area contributed by atoms with Crippen molar-refractivity contribution in [3.05, 3.63) is 121 Å². The van der Waals surface area contributed by atoms with E-state index in [1.807, 2.05) is 47.7 Å². The minimum Gasteiger partial charge on any atom is -0.456 e. The van der Waals surface area contributed by atoms with Crippen molar-refractivity contribution in [3.8, 4) is 17.1 Å². The third-order valence-corrected chi connectivity index (χ3v) is 9.64. The summed E-state index contributed by atoms with van der Waals surface area (Å²) in [6.45, 7) is 0. The molecule has 0 radical (unpaired) electrons. The van der Waals surface area contributed by atoms with E-state index in [2.05, 4.69) is 89.5 Å². The highest BCUT2D eigenvalue weighted by molar-refractivity contribution is 7.26. The summed E-state index contributed by atoms with van der Waals surface area (Å²) in [5.41, 5.74) is 7.41. The van der Waals surface area contributed by atoms with E-state index in [0.717, 1.165) is 55.2 Å². The maximum atomic E-state index is 6.88. The fraction of sp³-hybridized carbons (Fsp3) is 0. The largest absolute Gasteiger partial charge is 0.456 e. The lowest BCUT2D eigenvalue weighted by atomic mass is 10.0. The molecule has 0 saturated heterocycles. The van der Waals surface area contributed by atoms with Crippen LogP contribution in [0, 0.1) is 0 Å². The Bertz CT molecular complexity index is 2690. The quantitative estimate of drug-likeness (QED) is 0.213. The molecule has 4 nitrogen and oxygen atoms in total. The number of fused-ring (bicyclic) bond motifs is 12. The Kier molecular flexibility index (Phi) is 4.30. The number of aromatic nitrogens is 2. The van der Waals surface area contributed by atoms with Gasteiger partial charge >= 0.3 is 6.01 Å². The molecule has 0 atom stereocenters. The monoisotopic (exact) mass is 556 g/mol. The van der Waals surface area contributed by atoms with Crippen molar-refractivity contribution >= 4 is 86.4 Å². The standard InChI is InChI=1S/C37H20N2O2S/c1-2-10-21(11-3-1)27-20-30-32(26-14-5-8-16-29(26)40-30)33-35(27)41-37(38-33)39-28-15-7-4-12-22(28)24-18-19-25-23-13-6-9-17-31(23)42-36(25)34(24)39/h1-20H. The molecular weight excluding hydrogens is 536 g/mol. The normalized spacial score (nSPS) is 12.3. The summed E-state index contributed by atoms with van der Waals surface area (Å²) in [4.78, 5) is 5.29. The zero-order chi connectivity index (χ0) is 27.4. The van der Waals surface area contributed by atoms with Crippen LogP contribution in [0.25, 0.3) is 92.2 Å². The number of thiophene rings is 1. The predicted octanol–water partition coefficient (Wildman–Crippen LogP) is 10.9. The number of benzene rings is 6. The van der Waals surface area contributed by atoms with Crippen molar-refractivity contribution in [1.29, 1.82) is 0 Å². The molecule has 4 heterocycles. The van der Waals surface area contributed by atoms with Crippen LogP contribution in [-0.2, 0) is 0 Å². The average molecular weight is 557 g/mol. The van der Waals surface area contributed by atoms with Crippen LogP contribution in [0.2, 0.25) is 0 Å². The molecule has 0 spiro atoms. The Morgan fingerprint density at radius 2 is 1.33 bits per heavy atom. The molecule has 0 amide bonds. The molecule has 0 aliphatic heterocycles. The van der Waals surface area contributed by atoms with Gasteiger partial charge in [0, 0.05) is 37.2 Å². The Hall–Kier alpha value is -5.39. The van der Waals surface area contributed by atoms with Gasteiger partial charge < -0.3 is 8.83 Å². The minimum atomic E-state index is 0.552. The summed E-state index contributed by atoms with van der Waals surface area (Å²) in [6, 6.07) is 42.8. The molecule has 10 aromatic rings. The fourth-order valence-electron chi connectivity index (χ4n) is 6.63. The van der Waals surface area contributed by atoms with E-state index < -0.39 is 0 Å². The first-order chi connectivity index (χ1) is 20.8. The van der Waals surface area contributed by atoms with E-state index >= 15 is 0 Å². The van der Waals surface area contributed by atoms with Gasteiger partial charge in [0.2, 0.25) is 0 Å². The smallest absolute Gasteiger partial charge is 0.307 e. The van der Waals surface area contributed by atoms with Gasteiger partial charge in [-0.15, -0.1) is 11.3 Å². The maximum absolute atomic E-state index is 6.88. The van der Waals surface area contributed by atoms with Crippen LogP contribution in [0.4, 0.5) is 0 Å². The van der Waals surface area contributed by atoms with Crippen LogP contribution in [0.1, 0.15) is 0 Å². The van der Waals surface area contributed by atoms with Crippen molar-refractivity contribution in [2.24, 2.45) is 0 Å². The molecule has 4 aromatic heterocycles. The second-order valence-electron chi connectivity index (χ2n) is 10.7. The molecule has 0 N–H and O–H groups in total. The van der Waals surface area contributed by atoms with Crippen LogP contribution in [0.5, 0.6) is 0 Å². The number of para-hydroxylation sites is 2. The van der Waals surface area contributed by atoms with Crippen LogP contribution in [0.3, 0.4) is 0 Å². The minimum absolute atomic E-state index is 0.552. The van der Waals surface area contributed by atoms with Gasteiger partial charge in [-0.25, -0.2) is 0 Å². The Morgan fingerprint density at radius 3 is 2.24 bits per heavy atom.